The Morgan fingerprint density at radius 1 is 1.12 bits per heavy atom. The first-order valence-corrected chi connectivity index (χ1v) is 12.0. The van der Waals surface area contributed by atoms with E-state index >= 15 is 0 Å². The molecule has 1 fully saturated rings. The first-order valence-electron chi connectivity index (χ1n) is 10.4. The fourth-order valence-electron chi connectivity index (χ4n) is 3.29. The number of thioether (sulfide) groups is 1. The van der Waals surface area contributed by atoms with Crippen molar-refractivity contribution >= 4 is 63.3 Å². The predicted octanol–water partition coefficient (Wildman–Crippen LogP) is 6.60. The molecule has 1 heterocycles. The number of aliphatic imine (C=N–C) groups is 1. The second-order valence-electron chi connectivity index (χ2n) is 7.74. The molecule has 0 spiro atoms. The summed E-state index contributed by atoms with van der Waals surface area (Å²) in [5.41, 5.74) is 2.79. The van der Waals surface area contributed by atoms with Gasteiger partial charge in [0.05, 0.1) is 12.2 Å². The SMILES string of the molecule is Cc1ccc(NC(=O)C2CC(=O)N(Cc3ccc(Cl)cc3)C(=Nc3ccc(F)cc3)S2)cc1Cl. The highest BCUT2D eigenvalue weighted by Crippen LogP contribution is 2.31. The van der Waals surface area contributed by atoms with Gasteiger partial charge in [0, 0.05) is 22.2 Å². The second kappa shape index (κ2) is 10.6. The number of hydrogen-bond donors (Lipinski definition) is 1. The summed E-state index contributed by atoms with van der Waals surface area (Å²) in [5.74, 6) is -0.948. The molecule has 1 N–H and O–H groups in total. The van der Waals surface area contributed by atoms with Gasteiger partial charge in [0.2, 0.25) is 11.8 Å². The standard InChI is InChI=1S/C25H20Cl2FN3O2S/c1-15-2-9-20(12-21(15)27)29-24(33)22-13-23(32)31(14-16-3-5-17(26)6-4-16)25(34-22)30-19-10-7-18(28)8-11-19/h2-12,22H,13-14H2,1H3,(H,29,33). The lowest BCUT2D eigenvalue weighted by Crippen LogP contribution is -2.44. The Bertz CT molecular complexity index is 1250. The number of carbonyl (C=O) groups excluding carboxylic acids is 2. The van der Waals surface area contributed by atoms with E-state index in [0.29, 0.717) is 26.6 Å². The third kappa shape index (κ3) is 5.97. The normalized spacial score (nSPS) is 17.2. The van der Waals surface area contributed by atoms with Gasteiger partial charge in [-0.15, -0.1) is 0 Å². The maximum absolute atomic E-state index is 13.4. The van der Waals surface area contributed by atoms with Gasteiger partial charge in [-0.25, -0.2) is 9.38 Å². The predicted molar refractivity (Wildman–Crippen MR) is 136 cm³/mol. The molecule has 1 saturated heterocycles. The minimum absolute atomic E-state index is 0.00607. The smallest absolute Gasteiger partial charge is 0.238 e. The zero-order valence-corrected chi connectivity index (χ0v) is 20.4. The van der Waals surface area contributed by atoms with Crippen molar-refractivity contribution in [3.63, 3.8) is 0 Å². The first kappa shape index (κ1) is 24.3. The van der Waals surface area contributed by atoms with Crippen LogP contribution in [-0.4, -0.2) is 27.1 Å². The average Bonchev–Trinajstić information content (AvgIpc) is 2.81. The van der Waals surface area contributed by atoms with E-state index in [1.807, 2.05) is 25.1 Å². The van der Waals surface area contributed by atoms with Gasteiger partial charge in [-0.2, -0.15) is 0 Å². The van der Waals surface area contributed by atoms with E-state index in [9.17, 15) is 14.0 Å². The number of nitrogens with zero attached hydrogens (tertiary/aromatic N) is 2. The van der Waals surface area contributed by atoms with Gasteiger partial charge in [-0.1, -0.05) is 53.2 Å². The van der Waals surface area contributed by atoms with Crippen LogP contribution in [-0.2, 0) is 16.1 Å². The molecule has 3 aromatic rings. The van der Waals surface area contributed by atoms with Crippen LogP contribution in [0.5, 0.6) is 0 Å². The Morgan fingerprint density at radius 2 is 1.82 bits per heavy atom. The van der Waals surface area contributed by atoms with Gasteiger partial charge < -0.3 is 5.32 Å². The molecule has 5 nitrogen and oxygen atoms in total. The van der Waals surface area contributed by atoms with Crippen LogP contribution >= 0.6 is 35.0 Å². The highest BCUT2D eigenvalue weighted by Gasteiger charge is 2.36. The largest absolute Gasteiger partial charge is 0.325 e. The molecule has 0 aromatic heterocycles. The summed E-state index contributed by atoms with van der Waals surface area (Å²) < 4.78 is 13.4. The Morgan fingerprint density at radius 3 is 2.50 bits per heavy atom. The number of halogens is 3. The van der Waals surface area contributed by atoms with E-state index in [1.165, 1.54) is 40.9 Å². The Hall–Kier alpha value is -2.87. The number of carbonyl (C=O) groups is 2. The molecule has 0 bridgehead atoms. The number of hydrogen-bond acceptors (Lipinski definition) is 4. The van der Waals surface area contributed by atoms with Crippen LogP contribution in [0.15, 0.2) is 71.7 Å². The minimum Gasteiger partial charge on any atom is -0.325 e. The molecule has 1 atom stereocenters. The molecule has 0 saturated carbocycles. The molecule has 2 amide bonds. The molecule has 174 valence electrons. The van der Waals surface area contributed by atoms with E-state index in [-0.39, 0.29) is 30.6 Å². The maximum Gasteiger partial charge on any atom is 0.238 e. The highest BCUT2D eigenvalue weighted by atomic mass is 35.5. The Kier molecular flexibility index (Phi) is 7.56. The number of anilines is 1. The number of benzene rings is 3. The summed E-state index contributed by atoms with van der Waals surface area (Å²) in [6, 6.07) is 18.0. The molecule has 4 rings (SSSR count). The lowest BCUT2D eigenvalue weighted by molar-refractivity contribution is -0.129. The summed E-state index contributed by atoms with van der Waals surface area (Å²) in [7, 11) is 0. The molecule has 0 radical (unpaired) electrons. The van der Waals surface area contributed by atoms with Crippen LogP contribution in [0.25, 0.3) is 0 Å². The summed E-state index contributed by atoms with van der Waals surface area (Å²) in [5, 5.41) is 3.64. The first-order chi connectivity index (χ1) is 16.3. The van der Waals surface area contributed by atoms with E-state index in [4.69, 9.17) is 23.2 Å². The van der Waals surface area contributed by atoms with Crippen molar-refractivity contribution in [1.82, 2.24) is 4.90 Å². The molecule has 34 heavy (non-hydrogen) atoms. The second-order valence-corrected chi connectivity index (χ2v) is 9.75. The molecular formula is C25H20Cl2FN3O2S. The van der Waals surface area contributed by atoms with Gasteiger partial charge in [0.15, 0.2) is 5.17 Å². The Balaban J connectivity index is 1.59. The lowest BCUT2D eigenvalue weighted by atomic mass is 10.2. The zero-order valence-electron chi connectivity index (χ0n) is 18.1. The minimum atomic E-state index is -0.687. The van der Waals surface area contributed by atoms with Crippen LogP contribution in [0.4, 0.5) is 15.8 Å². The maximum atomic E-state index is 13.4. The number of aryl methyl sites for hydroxylation is 1. The molecule has 0 aliphatic carbocycles. The summed E-state index contributed by atoms with van der Waals surface area (Å²) in [4.78, 5) is 32.2. The van der Waals surface area contributed by atoms with Crippen molar-refractivity contribution in [1.29, 1.82) is 0 Å². The summed E-state index contributed by atoms with van der Waals surface area (Å²) in [6.45, 7) is 2.14. The number of nitrogens with one attached hydrogen (secondary N) is 1. The van der Waals surface area contributed by atoms with Crippen LogP contribution in [0.1, 0.15) is 17.5 Å². The van der Waals surface area contributed by atoms with Crippen LogP contribution < -0.4 is 5.32 Å². The number of rotatable bonds is 5. The quantitative estimate of drug-likeness (QED) is 0.416. The van der Waals surface area contributed by atoms with E-state index in [2.05, 4.69) is 10.3 Å². The van der Waals surface area contributed by atoms with Crippen molar-refractivity contribution in [3.05, 3.63) is 93.7 Å². The van der Waals surface area contributed by atoms with Gasteiger partial charge in [0.25, 0.3) is 0 Å². The topological polar surface area (TPSA) is 61.8 Å². The fraction of sp³-hybridized carbons (Fsp3) is 0.160. The molecule has 1 aliphatic heterocycles. The third-order valence-electron chi connectivity index (χ3n) is 5.18. The van der Waals surface area contributed by atoms with E-state index in [0.717, 1.165) is 11.1 Å². The molecular weight excluding hydrogens is 496 g/mol. The van der Waals surface area contributed by atoms with E-state index in [1.54, 1.807) is 24.3 Å². The molecule has 1 unspecified atom stereocenters. The summed E-state index contributed by atoms with van der Waals surface area (Å²) in [6.07, 6.45) is 0.00607. The molecule has 1 aliphatic rings. The van der Waals surface area contributed by atoms with E-state index < -0.39 is 5.25 Å². The van der Waals surface area contributed by atoms with Crippen LogP contribution in [0.3, 0.4) is 0 Å². The van der Waals surface area contributed by atoms with Crippen molar-refractivity contribution in [2.45, 2.75) is 25.1 Å². The lowest BCUT2D eigenvalue weighted by Gasteiger charge is -2.32. The zero-order chi connectivity index (χ0) is 24.2. The molecule has 9 heteroatoms. The van der Waals surface area contributed by atoms with Crippen LogP contribution in [0, 0.1) is 12.7 Å². The van der Waals surface area contributed by atoms with Gasteiger partial charge >= 0.3 is 0 Å². The van der Waals surface area contributed by atoms with Gasteiger partial charge in [-0.05, 0) is 66.6 Å². The van der Waals surface area contributed by atoms with Crippen molar-refractivity contribution in [3.8, 4) is 0 Å². The molecule has 3 aromatic carbocycles. The van der Waals surface area contributed by atoms with Gasteiger partial charge in [0.1, 0.15) is 11.1 Å². The van der Waals surface area contributed by atoms with Crippen molar-refractivity contribution < 1.29 is 14.0 Å². The average molecular weight is 516 g/mol. The monoisotopic (exact) mass is 515 g/mol. The summed E-state index contributed by atoms with van der Waals surface area (Å²) >= 11 is 13.3. The number of amidine groups is 1. The number of amides is 2. The fourth-order valence-corrected chi connectivity index (χ4v) is 4.69. The highest BCUT2D eigenvalue weighted by molar-refractivity contribution is 8.15. The van der Waals surface area contributed by atoms with Crippen LogP contribution in [0.2, 0.25) is 10.0 Å². The van der Waals surface area contributed by atoms with Gasteiger partial charge in [-0.3, -0.25) is 14.5 Å². The van der Waals surface area contributed by atoms with Crippen molar-refractivity contribution in [2.75, 3.05) is 5.32 Å². The van der Waals surface area contributed by atoms with Crippen molar-refractivity contribution in [2.24, 2.45) is 4.99 Å². The Labute approximate surface area is 211 Å². The third-order valence-corrected chi connectivity index (χ3v) is 7.02.